The van der Waals surface area contributed by atoms with Crippen LogP contribution in [0.4, 0.5) is 0 Å². The molecule has 0 radical (unpaired) electrons. The van der Waals surface area contributed by atoms with E-state index in [2.05, 4.69) is 5.32 Å². The molecule has 5 nitrogen and oxygen atoms in total. The summed E-state index contributed by atoms with van der Waals surface area (Å²) < 4.78 is 23.1. The standard InChI is InChI=1S/C18H26N2O3S/c1-13(14-4-6-15(7-5-14)24(3,22)23)20(2)17(21)16-12-18(16)8-10-19-11-9-18/h4-7,13,16,19H,8-12H2,1-3H3. The molecule has 2 aliphatic rings. The number of piperidine rings is 1. The second kappa shape index (κ2) is 6.15. The predicted octanol–water partition coefficient (Wildman–Crippen LogP) is 2.00. The topological polar surface area (TPSA) is 66.5 Å². The third-order valence-electron chi connectivity index (χ3n) is 5.81. The normalized spacial score (nSPS) is 23.7. The van der Waals surface area contributed by atoms with Crippen LogP contribution in [-0.4, -0.2) is 45.6 Å². The van der Waals surface area contributed by atoms with Gasteiger partial charge in [0.25, 0.3) is 0 Å². The lowest BCUT2D eigenvalue weighted by atomic mass is 9.91. The molecule has 1 amide bonds. The fraction of sp³-hybridized carbons (Fsp3) is 0.611. The number of carbonyl (C=O) groups is 1. The first-order valence-electron chi connectivity index (χ1n) is 8.52. The van der Waals surface area contributed by atoms with Gasteiger partial charge >= 0.3 is 0 Å². The van der Waals surface area contributed by atoms with Crippen molar-refractivity contribution in [3.8, 4) is 0 Å². The van der Waals surface area contributed by atoms with Crippen LogP contribution < -0.4 is 5.32 Å². The lowest BCUT2D eigenvalue weighted by Crippen LogP contribution is -2.35. The quantitative estimate of drug-likeness (QED) is 0.902. The van der Waals surface area contributed by atoms with Gasteiger partial charge in [0, 0.05) is 19.2 Å². The second-order valence-corrected chi connectivity index (χ2v) is 9.35. The van der Waals surface area contributed by atoms with Crippen molar-refractivity contribution in [3.63, 3.8) is 0 Å². The Morgan fingerprint density at radius 3 is 2.38 bits per heavy atom. The molecule has 2 fully saturated rings. The van der Waals surface area contributed by atoms with Gasteiger partial charge in [-0.25, -0.2) is 8.42 Å². The molecule has 1 N–H and O–H groups in total. The van der Waals surface area contributed by atoms with Gasteiger partial charge in [-0.1, -0.05) is 12.1 Å². The Hall–Kier alpha value is -1.40. The van der Waals surface area contributed by atoms with E-state index >= 15 is 0 Å². The minimum Gasteiger partial charge on any atom is -0.339 e. The van der Waals surface area contributed by atoms with Crippen LogP contribution in [0.2, 0.25) is 0 Å². The molecule has 2 unspecified atom stereocenters. The maximum atomic E-state index is 12.8. The lowest BCUT2D eigenvalue weighted by molar-refractivity contribution is -0.134. The number of nitrogens with one attached hydrogen (secondary N) is 1. The van der Waals surface area contributed by atoms with Crippen molar-refractivity contribution in [1.29, 1.82) is 0 Å². The second-order valence-electron chi connectivity index (χ2n) is 7.34. The summed E-state index contributed by atoms with van der Waals surface area (Å²) in [6.07, 6.45) is 4.40. The first kappa shape index (κ1) is 17.4. The molecular weight excluding hydrogens is 324 g/mol. The molecule has 1 aliphatic carbocycles. The van der Waals surface area contributed by atoms with E-state index in [1.54, 1.807) is 24.3 Å². The van der Waals surface area contributed by atoms with Crippen LogP contribution in [0, 0.1) is 11.3 Å². The van der Waals surface area contributed by atoms with Crippen LogP contribution >= 0.6 is 0 Å². The molecule has 1 aromatic rings. The van der Waals surface area contributed by atoms with Crippen molar-refractivity contribution >= 4 is 15.7 Å². The maximum absolute atomic E-state index is 12.8. The number of rotatable bonds is 4. The van der Waals surface area contributed by atoms with Crippen molar-refractivity contribution < 1.29 is 13.2 Å². The van der Waals surface area contributed by atoms with Crippen molar-refractivity contribution in [2.45, 2.75) is 37.1 Å². The van der Waals surface area contributed by atoms with Crippen LogP contribution in [0.15, 0.2) is 29.2 Å². The van der Waals surface area contributed by atoms with Gasteiger partial charge in [0.05, 0.1) is 10.9 Å². The van der Waals surface area contributed by atoms with Gasteiger partial charge in [-0.2, -0.15) is 0 Å². The molecule has 1 aromatic carbocycles. The first-order chi connectivity index (χ1) is 11.2. The largest absolute Gasteiger partial charge is 0.339 e. The van der Waals surface area contributed by atoms with Crippen LogP contribution in [-0.2, 0) is 14.6 Å². The smallest absolute Gasteiger partial charge is 0.226 e. The summed E-state index contributed by atoms with van der Waals surface area (Å²) in [5, 5.41) is 3.36. The van der Waals surface area contributed by atoms with Gasteiger partial charge < -0.3 is 10.2 Å². The Labute approximate surface area is 144 Å². The predicted molar refractivity (Wildman–Crippen MR) is 93.4 cm³/mol. The zero-order valence-corrected chi connectivity index (χ0v) is 15.4. The molecule has 1 aliphatic heterocycles. The summed E-state index contributed by atoms with van der Waals surface area (Å²) in [7, 11) is -1.34. The molecule has 6 heteroatoms. The Kier molecular flexibility index (Phi) is 4.47. The molecule has 1 spiro atoms. The molecule has 1 saturated carbocycles. The summed E-state index contributed by atoms with van der Waals surface area (Å²) in [6, 6.07) is 6.77. The minimum absolute atomic E-state index is 0.0644. The third kappa shape index (κ3) is 3.22. The highest BCUT2D eigenvalue weighted by Crippen LogP contribution is 2.59. The van der Waals surface area contributed by atoms with Gasteiger partial charge in [-0.3, -0.25) is 4.79 Å². The van der Waals surface area contributed by atoms with Gasteiger partial charge in [-0.15, -0.1) is 0 Å². The van der Waals surface area contributed by atoms with Crippen molar-refractivity contribution in [1.82, 2.24) is 10.2 Å². The summed E-state index contributed by atoms with van der Waals surface area (Å²) in [6.45, 7) is 4.01. The average Bonchev–Trinajstić information content (AvgIpc) is 3.25. The third-order valence-corrected chi connectivity index (χ3v) is 6.93. The van der Waals surface area contributed by atoms with Crippen LogP contribution in [0.1, 0.15) is 37.8 Å². The SMILES string of the molecule is CC(c1ccc(S(C)(=O)=O)cc1)N(C)C(=O)C1CC12CCNCC2. The van der Waals surface area contributed by atoms with Crippen molar-refractivity contribution in [2.24, 2.45) is 11.3 Å². The minimum atomic E-state index is -3.19. The molecule has 1 saturated heterocycles. The van der Waals surface area contributed by atoms with Crippen molar-refractivity contribution in [2.75, 3.05) is 26.4 Å². The summed E-state index contributed by atoms with van der Waals surface area (Å²) >= 11 is 0. The highest BCUT2D eigenvalue weighted by molar-refractivity contribution is 7.90. The van der Waals surface area contributed by atoms with E-state index in [9.17, 15) is 13.2 Å². The van der Waals surface area contributed by atoms with Crippen LogP contribution in [0.5, 0.6) is 0 Å². The van der Waals surface area contributed by atoms with E-state index < -0.39 is 9.84 Å². The number of nitrogens with zero attached hydrogens (tertiary/aromatic N) is 1. The fourth-order valence-corrected chi connectivity index (χ4v) is 4.46. The summed E-state index contributed by atoms with van der Waals surface area (Å²) in [4.78, 5) is 15.0. The number of hydrogen-bond donors (Lipinski definition) is 1. The number of hydrogen-bond acceptors (Lipinski definition) is 4. The van der Waals surface area contributed by atoms with Crippen LogP contribution in [0.3, 0.4) is 0 Å². The Bertz CT molecular complexity index is 721. The van der Waals surface area contributed by atoms with E-state index in [-0.39, 0.29) is 23.3 Å². The molecule has 0 aromatic heterocycles. The first-order valence-corrected chi connectivity index (χ1v) is 10.4. The van der Waals surface area contributed by atoms with Gasteiger partial charge in [0.15, 0.2) is 9.84 Å². The fourth-order valence-electron chi connectivity index (χ4n) is 3.83. The Balaban J connectivity index is 1.68. The summed E-state index contributed by atoms with van der Waals surface area (Å²) in [5.74, 6) is 0.374. The van der Waals surface area contributed by atoms with E-state index in [0.717, 1.165) is 37.9 Å². The van der Waals surface area contributed by atoms with Crippen molar-refractivity contribution in [3.05, 3.63) is 29.8 Å². The maximum Gasteiger partial charge on any atom is 0.226 e. The number of benzene rings is 1. The zero-order valence-electron chi connectivity index (χ0n) is 14.6. The van der Waals surface area contributed by atoms with Gasteiger partial charge in [-0.05, 0) is 62.4 Å². The van der Waals surface area contributed by atoms with Gasteiger partial charge in [0.1, 0.15) is 0 Å². The number of carbonyl (C=O) groups excluding carboxylic acids is 1. The molecule has 0 bridgehead atoms. The molecule has 132 valence electrons. The van der Waals surface area contributed by atoms with E-state index in [4.69, 9.17) is 0 Å². The Morgan fingerprint density at radius 1 is 1.25 bits per heavy atom. The molecule has 1 heterocycles. The molecule has 3 rings (SSSR count). The molecular formula is C18H26N2O3S. The van der Waals surface area contributed by atoms with E-state index in [1.807, 2.05) is 18.9 Å². The molecule has 2 atom stereocenters. The average molecular weight is 350 g/mol. The monoisotopic (exact) mass is 350 g/mol. The van der Waals surface area contributed by atoms with Gasteiger partial charge in [0.2, 0.25) is 5.91 Å². The Morgan fingerprint density at radius 2 is 1.83 bits per heavy atom. The highest BCUT2D eigenvalue weighted by atomic mass is 32.2. The summed E-state index contributed by atoms with van der Waals surface area (Å²) in [5.41, 5.74) is 1.19. The molecule has 24 heavy (non-hydrogen) atoms. The highest BCUT2D eigenvalue weighted by Gasteiger charge is 2.58. The lowest BCUT2D eigenvalue weighted by Gasteiger charge is -2.28. The van der Waals surface area contributed by atoms with Crippen LogP contribution in [0.25, 0.3) is 0 Å². The van der Waals surface area contributed by atoms with E-state index in [0.29, 0.717) is 4.90 Å². The number of amides is 1. The number of sulfone groups is 1. The zero-order chi connectivity index (χ0) is 17.5. The van der Waals surface area contributed by atoms with E-state index in [1.165, 1.54) is 6.26 Å².